The summed E-state index contributed by atoms with van der Waals surface area (Å²) in [5.41, 5.74) is 7.38. The van der Waals surface area contributed by atoms with E-state index in [1.54, 1.807) is 11.9 Å². The van der Waals surface area contributed by atoms with Crippen molar-refractivity contribution >= 4 is 23.1 Å². The Balaban J connectivity index is 2.43. The lowest BCUT2D eigenvalue weighted by atomic mass is 10.3. The van der Waals surface area contributed by atoms with Gasteiger partial charge < -0.3 is 10.6 Å². The van der Waals surface area contributed by atoms with Crippen molar-refractivity contribution < 1.29 is 4.79 Å². The van der Waals surface area contributed by atoms with Gasteiger partial charge in [0, 0.05) is 32.3 Å². The van der Waals surface area contributed by atoms with Crippen LogP contribution in [0, 0.1) is 6.92 Å². The smallest absolute Gasteiger partial charge is 0.236 e. The highest BCUT2D eigenvalue weighted by Crippen LogP contribution is 2.02. The third-order valence-electron chi connectivity index (χ3n) is 2.90. The van der Waals surface area contributed by atoms with Gasteiger partial charge in [0.1, 0.15) is 0 Å². The van der Waals surface area contributed by atoms with Crippen molar-refractivity contribution in [3.63, 3.8) is 0 Å². The van der Waals surface area contributed by atoms with Crippen LogP contribution in [0.25, 0.3) is 0 Å². The van der Waals surface area contributed by atoms with Gasteiger partial charge in [0.15, 0.2) is 0 Å². The number of rotatable bonds is 7. The predicted molar refractivity (Wildman–Crippen MR) is 84.3 cm³/mol. The molecule has 0 saturated carbocycles. The normalized spacial score (nSPS) is 10.6. The van der Waals surface area contributed by atoms with Gasteiger partial charge in [-0.15, -0.1) is 0 Å². The number of hydrogen-bond acceptors (Lipinski definition) is 4. The second kappa shape index (κ2) is 7.91. The summed E-state index contributed by atoms with van der Waals surface area (Å²) in [6, 6.07) is 5.89. The summed E-state index contributed by atoms with van der Waals surface area (Å²) in [4.78, 5) is 20.5. The summed E-state index contributed by atoms with van der Waals surface area (Å²) in [6.45, 7) is 3.52. The predicted octanol–water partition coefficient (Wildman–Crippen LogP) is 0.956. The van der Waals surface area contributed by atoms with Crippen molar-refractivity contribution in [1.82, 2.24) is 14.8 Å². The van der Waals surface area contributed by atoms with Gasteiger partial charge in [0.2, 0.25) is 5.91 Å². The minimum Gasteiger partial charge on any atom is -0.393 e. The van der Waals surface area contributed by atoms with Crippen LogP contribution in [-0.4, -0.2) is 52.9 Å². The number of amides is 1. The van der Waals surface area contributed by atoms with Gasteiger partial charge >= 0.3 is 0 Å². The summed E-state index contributed by atoms with van der Waals surface area (Å²) in [7, 11) is 3.67. The van der Waals surface area contributed by atoms with Crippen molar-refractivity contribution in [3.05, 3.63) is 29.6 Å². The monoisotopic (exact) mass is 294 g/mol. The molecule has 1 heterocycles. The number of aromatic nitrogens is 1. The van der Waals surface area contributed by atoms with E-state index in [4.69, 9.17) is 18.0 Å². The van der Waals surface area contributed by atoms with Gasteiger partial charge in [-0.1, -0.05) is 18.3 Å². The number of nitrogens with two attached hydrogens (primary N) is 1. The first-order valence-electron chi connectivity index (χ1n) is 6.52. The van der Waals surface area contributed by atoms with E-state index in [1.807, 2.05) is 37.1 Å². The highest BCUT2D eigenvalue weighted by molar-refractivity contribution is 7.80. The van der Waals surface area contributed by atoms with Crippen LogP contribution in [0.2, 0.25) is 0 Å². The molecular weight excluding hydrogens is 272 g/mol. The molecule has 0 aromatic carbocycles. The first kappa shape index (κ1) is 16.5. The molecule has 6 heteroatoms. The third kappa shape index (κ3) is 6.08. The number of nitrogens with zero attached hydrogens (tertiary/aromatic N) is 3. The van der Waals surface area contributed by atoms with Crippen molar-refractivity contribution in [2.75, 3.05) is 27.2 Å². The van der Waals surface area contributed by atoms with E-state index < -0.39 is 0 Å². The number of hydrogen-bond donors (Lipinski definition) is 1. The van der Waals surface area contributed by atoms with Gasteiger partial charge in [-0.3, -0.25) is 14.7 Å². The fourth-order valence-corrected chi connectivity index (χ4v) is 1.87. The van der Waals surface area contributed by atoms with Crippen molar-refractivity contribution in [2.24, 2.45) is 5.73 Å². The molecule has 1 rings (SSSR count). The quantitative estimate of drug-likeness (QED) is 0.759. The van der Waals surface area contributed by atoms with Gasteiger partial charge in [0.05, 0.1) is 17.2 Å². The molecule has 1 amide bonds. The molecular formula is C14H22N4OS. The number of likely N-dealkylation sites (N-methyl/N-ethyl adjacent to an activating group) is 2. The number of pyridine rings is 1. The number of carbonyl (C=O) groups excluding carboxylic acids is 1. The number of thiocarbonyl (C=S) groups is 1. The largest absolute Gasteiger partial charge is 0.393 e. The van der Waals surface area contributed by atoms with Gasteiger partial charge in [-0.25, -0.2) is 0 Å². The molecule has 0 fully saturated rings. The summed E-state index contributed by atoms with van der Waals surface area (Å²) in [6.07, 6.45) is 0.556. The van der Waals surface area contributed by atoms with Gasteiger partial charge in [-0.2, -0.15) is 0 Å². The molecule has 0 radical (unpaired) electrons. The standard InChI is InChI=1S/C14H22N4OS/c1-11-5-4-6-12(16-11)9-17(2)10-14(19)18(3)8-7-13(15)20/h4-6H,7-10H2,1-3H3,(H2,15,20). The molecule has 1 aromatic rings. The van der Waals surface area contributed by atoms with E-state index in [0.29, 0.717) is 31.0 Å². The Morgan fingerprint density at radius 2 is 2.10 bits per heavy atom. The molecule has 2 N–H and O–H groups in total. The molecule has 0 bridgehead atoms. The van der Waals surface area contributed by atoms with Gasteiger partial charge in [-0.05, 0) is 26.1 Å². The van der Waals surface area contributed by atoms with Crippen LogP contribution < -0.4 is 5.73 Å². The van der Waals surface area contributed by atoms with Crippen LogP contribution in [-0.2, 0) is 11.3 Å². The zero-order valence-corrected chi connectivity index (χ0v) is 13.1. The van der Waals surface area contributed by atoms with E-state index in [1.165, 1.54) is 0 Å². The molecule has 0 saturated heterocycles. The lowest BCUT2D eigenvalue weighted by Gasteiger charge is -2.21. The van der Waals surface area contributed by atoms with E-state index in [9.17, 15) is 4.79 Å². The number of carbonyl (C=O) groups is 1. The minimum atomic E-state index is 0.0522. The molecule has 0 atom stereocenters. The summed E-state index contributed by atoms with van der Waals surface area (Å²) < 4.78 is 0. The maximum Gasteiger partial charge on any atom is 0.236 e. The Kier molecular flexibility index (Phi) is 6.54. The van der Waals surface area contributed by atoms with Crippen LogP contribution in [0.4, 0.5) is 0 Å². The van der Waals surface area contributed by atoms with E-state index >= 15 is 0 Å². The van der Waals surface area contributed by atoms with E-state index in [0.717, 1.165) is 11.4 Å². The van der Waals surface area contributed by atoms with Crippen LogP contribution in [0.3, 0.4) is 0 Å². The summed E-state index contributed by atoms with van der Waals surface area (Å²) in [5.74, 6) is 0.0522. The van der Waals surface area contributed by atoms with Crippen molar-refractivity contribution in [3.8, 4) is 0 Å². The average Bonchev–Trinajstić information content (AvgIpc) is 2.35. The maximum atomic E-state index is 12.0. The molecule has 5 nitrogen and oxygen atoms in total. The molecule has 20 heavy (non-hydrogen) atoms. The highest BCUT2D eigenvalue weighted by atomic mass is 32.1. The second-order valence-corrected chi connectivity index (χ2v) is 5.50. The fraction of sp³-hybridized carbons (Fsp3) is 0.500. The third-order valence-corrected chi connectivity index (χ3v) is 3.11. The van der Waals surface area contributed by atoms with Crippen LogP contribution in [0.5, 0.6) is 0 Å². The van der Waals surface area contributed by atoms with Crippen molar-refractivity contribution in [2.45, 2.75) is 19.9 Å². The molecule has 0 aliphatic heterocycles. The Hall–Kier alpha value is -1.53. The van der Waals surface area contributed by atoms with Crippen LogP contribution >= 0.6 is 12.2 Å². The van der Waals surface area contributed by atoms with Crippen molar-refractivity contribution in [1.29, 1.82) is 0 Å². The molecule has 0 aliphatic carbocycles. The Bertz CT molecular complexity index is 478. The molecule has 0 aliphatic rings. The molecule has 1 aromatic heterocycles. The molecule has 110 valence electrons. The summed E-state index contributed by atoms with van der Waals surface area (Å²) in [5, 5.41) is 0. The average molecular weight is 294 g/mol. The topological polar surface area (TPSA) is 62.5 Å². The number of aryl methyl sites for hydroxylation is 1. The van der Waals surface area contributed by atoms with E-state index in [2.05, 4.69) is 4.98 Å². The van der Waals surface area contributed by atoms with Crippen LogP contribution in [0.1, 0.15) is 17.8 Å². The maximum absolute atomic E-state index is 12.0. The summed E-state index contributed by atoms with van der Waals surface area (Å²) >= 11 is 4.81. The molecule has 0 unspecified atom stereocenters. The Morgan fingerprint density at radius 1 is 1.40 bits per heavy atom. The first-order chi connectivity index (χ1) is 9.38. The lowest BCUT2D eigenvalue weighted by molar-refractivity contribution is -0.130. The fourth-order valence-electron chi connectivity index (χ4n) is 1.77. The Morgan fingerprint density at radius 3 is 2.70 bits per heavy atom. The van der Waals surface area contributed by atoms with E-state index in [-0.39, 0.29) is 5.91 Å². The van der Waals surface area contributed by atoms with Crippen LogP contribution in [0.15, 0.2) is 18.2 Å². The molecule has 0 spiro atoms. The SMILES string of the molecule is Cc1cccc(CN(C)CC(=O)N(C)CCC(N)=S)n1. The lowest BCUT2D eigenvalue weighted by Crippen LogP contribution is -2.37. The Labute approximate surface area is 125 Å². The highest BCUT2D eigenvalue weighted by Gasteiger charge is 2.12. The zero-order chi connectivity index (χ0) is 15.1. The first-order valence-corrected chi connectivity index (χ1v) is 6.92. The van der Waals surface area contributed by atoms with Gasteiger partial charge in [0.25, 0.3) is 0 Å². The zero-order valence-electron chi connectivity index (χ0n) is 12.3. The second-order valence-electron chi connectivity index (χ2n) is 4.97. The minimum absolute atomic E-state index is 0.0522.